The number of amides is 2. The average molecular weight is 529 g/mol. The zero-order valence-corrected chi connectivity index (χ0v) is 21.9. The first-order valence-corrected chi connectivity index (χ1v) is 12.9. The van der Waals surface area contributed by atoms with Crippen LogP contribution in [0.5, 0.6) is 0 Å². The molecule has 7 nitrogen and oxygen atoms in total. The van der Waals surface area contributed by atoms with Gasteiger partial charge in [-0.1, -0.05) is 41.9 Å². The minimum atomic E-state index is -0.367. The van der Waals surface area contributed by atoms with Gasteiger partial charge in [-0.2, -0.15) is 0 Å². The maximum atomic E-state index is 13.0. The van der Waals surface area contributed by atoms with Crippen molar-refractivity contribution in [3.8, 4) is 0 Å². The van der Waals surface area contributed by atoms with Gasteiger partial charge in [0.2, 0.25) is 0 Å². The summed E-state index contributed by atoms with van der Waals surface area (Å²) in [6, 6.07) is 24.4. The standard InChI is InChI=1S/C30H29ClN4O3/c1-21-5-2-3-6-26(21)34-14-16-35(17-15-34)27-13-10-23(19-25(27)33-30(37)28-7-4-18-38-28)29(36)32-20-22-8-11-24(31)12-9-22/h2-13,18-19H,14-17,20H2,1H3,(H,32,36)(H,33,37). The number of benzene rings is 3. The number of anilines is 3. The third kappa shape index (κ3) is 5.84. The van der Waals surface area contributed by atoms with Crippen molar-refractivity contribution in [2.75, 3.05) is 41.3 Å². The van der Waals surface area contributed by atoms with Crippen molar-refractivity contribution in [2.45, 2.75) is 13.5 Å². The van der Waals surface area contributed by atoms with Crippen LogP contribution in [0.4, 0.5) is 17.1 Å². The van der Waals surface area contributed by atoms with E-state index < -0.39 is 0 Å². The van der Waals surface area contributed by atoms with E-state index in [2.05, 4.69) is 51.6 Å². The van der Waals surface area contributed by atoms with Crippen molar-refractivity contribution in [3.63, 3.8) is 0 Å². The summed E-state index contributed by atoms with van der Waals surface area (Å²) in [5, 5.41) is 6.54. The first kappa shape index (κ1) is 25.4. The van der Waals surface area contributed by atoms with Crippen LogP contribution in [-0.2, 0) is 6.54 Å². The Bertz CT molecular complexity index is 1410. The van der Waals surface area contributed by atoms with Crippen LogP contribution in [0.15, 0.2) is 89.5 Å². The average Bonchev–Trinajstić information content (AvgIpc) is 3.49. The van der Waals surface area contributed by atoms with E-state index in [0.29, 0.717) is 22.8 Å². The molecule has 38 heavy (non-hydrogen) atoms. The predicted molar refractivity (Wildman–Crippen MR) is 151 cm³/mol. The highest BCUT2D eigenvalue weighted by Crippen LogP contribution is 2.30. The van der Waals surface area contributed by atoms with Gasteiger partial charge in [-0.05, 0) is 66.6 Å². The van der Waals surface area contributed by atoms with E-state index in [0.717, 1.165) is 37.4 Å². The van der Waals surface area contributed by atoms with E-state index in [9.17, 15) is 9.59 Å². The summed E-state index contributed by atoms with van der Waals surface area (Å²) in [6.45, 7) is 5.74. The minimum absolute atomic E-state index is 0.206. The Hall–Kier alpha value is -4.23. The number of furan rings is 1. The molecule has 0 saturated carbocycles. The van der Waals surface area contributed by atoms with Gasteiger partial charge in [0.1, 0.15) is 0 Å². The molecule has 0 spiro atoms. The topological polar surface area (TPSA) is 77.8 Å². The number of hydrogen-bond donors (Lipinski definition) is 2. The highest BCUT2D eigenvalue weighted by atomic mass is 35.5. The fourth-order valence-electron chi connectivity index (χ4n) is 4.64. The quantitative estimate of drug-likeness (QED) is 0.319. The van der Waals surface area contributed by atoms with Crippen LogP contribution in [0.25, 0.3) is 0 Å². The lowest BCUT2D eigenvalue weighted by Crippen LogP contribution is -2.47. The molecule has 5 rings (SSSR count). The molecule has 0 bridgehead atoms. The second kappa shape index (κ2) is 11.4. The number of carbonyl (C=O) groups is 2. The Labute approximate surface area is 227 Å². The molecule has 0 aliphatic carbocycles. The van der Waals surface area contributed by atoms with Crippen molar-refractivity contribution in [2.24, 2.45) is 0 Å². The van der Waals surface area contributed by atoms with E-state index in [1.165, 1.54) is 17.5 Å². The van der Waals surface area contributed by atoms with Crippen LogP contribution < -0.4 is 20.4 Å². The number of hydrogen-bond acceptors (Lipinski definition) is 5. The first-order valence-electron chi connectivity index (χ1n) is 12.5. The van der Waals surface area contributed by atoms with E-state index in [1.807, 2.05) is 18.2 Å². The fraction of sp³-hybridized carbons (Fsp3) is 0.200. The van der Waals surface area contributed by atoms with Gasteiger partial charge in [0, 0.05) is 49.0 Å². The number of para-hydroxylation sites is 1. The number of aryl methyl sites for hydroxylation is 1. The smallest absolute Gasteiger partial charge is 0.291 e. The van der Waals surface area contributed by atoms with Gasteiger partial charge >= 0.3 is 0 Å². The molecule has 8 heteroatoms. The number of nitrogens with zero attached hydrogens (tertiary/aromatic N) is 2. The summed E-state index contributed by atoms with van der Waals surface area (Å²) in [7, 11) is 0. The molecule has 4 aromatic rings. The molecule has 194 valence electrons. The van der Waals surface area contributed by atoms with Crippen molar-refractivity contribution < 1.29 is 14.0 Å². The number of piperazine rings is 1. The molecule has 1 aliphatic rings. The highest BCUT2D eigenvalue weighted by molar-refractivity contribution is 6.30. The van der Waals surface area contributed by atoms with Gasteiger partial charge in [0.15, 0.2) is 5.76 Å². The normalized spacial score (nSPS) is 13.3. The lowest BCUT2D eigenvalue weighted by Gasteiger charge is -2.38. The second-order valence-corrected chi connectivity index (χ2v) is 9.67. The minimum Gasteiger partial charge on any atom is -0.459 e. The summed E-state index contributed by atoms with van der Waals surface area (Å²) in [4.78, 5) is 30.5. The lowest BCUT2D eigenvalue weighted by atomic mass is 10.1. The summed E-state index contributed by atoms with van der Waals surface area (Å²) in [5.74, 6) is -0.393. The monoisotopic (exact) mass is 528 g/mol. The molecule has 2 heterocycles. The van der Waals surface area contributed by atoms with Crippen LogP contribution >= 0.6 is 11.6 Å². The Morgan fingerprint density at radius 3 is 2.24 bits per heavy atom. The Kier molecular flexibility index (Phi) is 7.65. The SMILES string of the molecule is Cc1ccccc1N1CCN(c2ccc(C(=O)NCc3ccc(Cl)cc3)cc2NC(=O)c2ccco2)CC1. The molecule has 1 fully saturated rings. The van der Waals surface area contributed by atoms with Gasteiger partial charge < -0.3 is 24.9 Å². The third-order valence-corrected chi connectivity index (χ3v) is 6.95. The molecular weight excluding hydrogens is 500 g/mol. The summed E-state index contributed by atoms with van der Waals surface area (Å²) >= 11 is 5.96. The maximum absolute atomic E-state index is 13.0. The van der Waals surface area contributed by atoms with Crippen LogP contribution in [0.2, 0.25) is 5.02 Å². The summed E-state index contributed by atoms with van der Waals surface area (Å²) < 4.78 is 5.28. The van der Waals surface area contributed by atoms with E-state index in [-0.39, 0.29) is 17.6 Å². The van der Waals surface area contributed by atoms with Gasteiger partial charge in [0.25, 0.3) is 11.8 Å². The van der Waals surface area contributed by atoms with E-state index >= 15 is 0 Å². The Morgan fingerprint density at radius 1 is 0.842 bits per heavy atom. The van der Waals surface area contributed by atoms with Crippen LogP contribution in [0, 0.1) is 6.92 Å². The zero-order chi connectivity index (χ0) is 26.5. The zero-order valence-electron chi connectivity index (χ0n) is 21.1. The van der Waals surface area contributed by atoms with Crippen molar-refractivity contribution in [1.29, 1.82) is 0 Å². The van der Waals surface area contributed by atoms with Gasteiger partial charge in [-0.15, -0.1) is 0 Å². The van der Waals surface area contributed by atoms with Crippen molar-refractivity contribution in [3.05, 3.63) is 113 Å². The van der Waals surface area contributed by atoms with E-state index in [1.54, 1.807) is 36.4 Å². The van der Waals surface area contributed by atoms with Gasteiger partial charge in [-0.25, -0.2) is 0 Å². The first-order chi connectivity index (χ1) is 18.5. The molecule has 3 aromatic carbocycles. The summed E-state index contributed by atoms with van der Waals surface area (Å²) in [5.41, 5.74) is 5.32. The molecule has 0 atom stereocenters. The third-order valence-electron chi connectivity index (χ3n) is 6.69. The highest BCUT2D eigenvalue weighted by Gasteiger charge is 2.23. The number of nitrogens with one attached hydrogen (secondary N) is 2. The second-order valence-electron chi connectivity index (χ2n) is 9.23. The van der Waals surface area contributed by atoms with Crippen LogP contribution in [0.3, 0.4) is 0 Å². The number of rotatable bonds is 7. The molecule has 0 unspecified atom stereocenters. The maximum Gasteiger partial charge on any atom is 0.291 e. The van der Waals surface area contributed by atoms with Gasteiger partial charge in [0.05, 0.1) is 17.6 Å². The van der Waals surface area contributed by atoms with Crippen molar-refractivity contribution in [1.82, 2.24) is 5.32 Å². The predicted octanol–water partition coefficient (Wildman–Crippen LogP) is 5.75. The molecule has 0 radical (unpaired) electrons. The molecule has 2 N–H and O–H groups in total. The van der Waals surface area contributed by atoms with Crippen molar-refractivity contribution >= 4 is 40.5 Å². The molecule has 1 saturated heterocycles. The molecule has 1 aliphatic heterocycles. The van der Waals surface area contributed by atoms with Gasteiger partial charge in [-0.3, -0.25) is 9.59 Å². The number of carbonyl (C=O) groups excluding carboxylic acids is 2. The number of halogens is 1. The molecule has 1 aromatic heterocycles. The molecule has 2 amide bonds. The van der Waals surface area contributed by atoms with E-state index in [4.69, 9.17) is 16.0 Å². The van der Waals surface area contributed by atoms with Crippen LogP contribution in [0.1, 0.15) is 32.0 Å². The largest absolute Gasteiger partial charge is 0.459 e. The summed E-state index contributed by atoms with van der Waals surface area (Å²) in [6.07, 6.45) is 1.46. The Balaban J connectivity index is 1.34. The fourth-order valence-corrected chi connectivity index (χ4v) is 4.76. The lowest BCUT2D eigenvalue weighted by molar-refractivity contribution is 0.0949. The molecular formula is C30H29ClN4O3. The van der Waals surface area contributed by atoms with Crippen LogP contribution in [-0.4, -0.2) is 38.0 Å². The Morgan fingerprint density at radius 2 is 1.55 bits per heavy atom.